The Morgan fingerprint density at radius 1 is 1.00 bits per heavy atom. The first-order chi connectivity index (χ1) is 6.85. The lowest BCUT2D eigenvalue weighted by Crippen LogP contribution is -2.11. The van der Waals surface area contributed by atoms with Gasteiger partial charge in [0, 0.05) is 0 Å². The van der Waals surface area contributed by atoms with Gasteiger partial charge in [0.2, 0.25) is 0 Å². The Morgan fingerprint density at radius 3 is 2.21 bits per heavy atom. The third-order valence-electron chi connectivity index (χ3n) is 2.51. The van der Waals surface area contributed by atoms with E-state index in [1.807, 2.05) is 0 Å². The maximum atomic E-state index is 10.2. The molecule has 0 aromatic carbocycles. The normalized spacial score (nSPS) is 12.4. The largest absolute Gasteiger partial charge is 0.465 e. The summed E-state index contributed by atoms with van der Waals surface area (Å²) < 4.78 is 5.04. The van der Waals surface area contributed by atoms with Crippen molar-refractivity contribution in [2.45, 2.75) is 71.3 Å². The molecule has 0 spiro atoms. The predicted molar refractivity (Wildman–Crippen MR) is 59.2 cm³/mol. The van der Waals surface area contributed by atoms with Crippen LogP contribution in [0.15, 0.2) is 0 Å². The van der Waals surface area contributed by atoms with E-state index >= 15 is 0 Å². The Hall–Kier alpha value is -0.530. The molecular formula is C12H24O2. The lowest BCUT2D eigenvalue weighted by molar-refractivity contribution is -0.134. The Morgan fingerprint density at radius 2 is 1.64 bits per heavy atom. The number of ether oxygens (including phenoxy) is 1. The van der Waals surface area contributed by atoms with Gasteiger partial charge in [0.1, 0.15) is 6.10 Å². The SMILES string of the molecule is CCCCCCC(CCCC)OC=O. The van der Waals surface area contributed by atoms with Crippen molar-refractivity contribution in [2.75, 3.05) is 0 Å². The molecule has 1 atom stereocenters. The maximum Gasteiger partial charge on any atom is 0.293 e. The van der Waals surface area contributed by atoms with E-state index in [4.69, 9.17) is 4.74 Å². The molecule has 0 aromatic heterocycles. The second kappa shape index (κ2) is 10.6. The first kappa shape index (κ1) is 13.5. The Balaban J connectivity index is 3.45. The number of carbonyl (C=O) groups is 1. The van der Waals surface area contributed by atoms with Gasteiger partial charge >= 0.3 is 0 Å². The second-order valence-electron chi connectivity index (χ2n) is 3.85. The zero-order valence-corrected chi connectivity index (χ0v) is 9.63. The summed E-state index contributed by atoms with van der Waals surface area (Å²) in [6, 6.07) is 0. The zero-order valence-electron chi connectivity index (χ0n) is 9.63. The highest BCUT2D eigenvalue weighted by Gasteiger charge is 2.07. The van der Waals surface area contributed by atoms with Crippen LogP contribution >= 0.6 is 0 Å². The van der Waals surface area contributed by atoms with Crippen molar-refractivity contribution in [1.82, 2.24) is 0 Å². The molecule has 0 saturated heterocycles. The molecule has 84 valence electrons. The van der Waals surface area contributed by atoms with E-state index in [2.05, 4.69) is 13.8 Å². The van der Waals surface area contributed by atoms with Gasteiger partial charge in [0.05, 0.1) is 0 Å². The molecule has 0 heterocycles. The minimum atomic E-state index is 0.171. The van der Waals surface area contributed by atoms with Gasteiger partial charge in [0.15, 0.2) is 0 Å². The van der Waals surface area contributed by atoms with Crippen molar-refractivity contribution in [2.24, 2.45) is 0 Å². The van der Waals surface area contributed by atoms with E-state index in [-0.39, 0.29) is 6.10 Å². The number of unbranched alkanes of at least 4 members (excludes halogenated alkanes) is 4. The fourth-order valence-corrected chi connectivity index (χ4v) is 1.59. The van der Waals surface area contributed by atoms with Crippen LogP contribution in [0.25, 0.3) is 0 Å². The lowest BCUT2D eigenvalue weighted by atomic mass is 10.0. The zero-order chi connectivity index (χ0) is 10.6. The topological polar surface area (TPSA) is 26.3 Å². The molecule has 0 N–H and O–H groups in total. The van der Waals surface area contributed by atoms with Crippen LogP contribution in [0.1, 0.15) is 65.2 Å². The molecule has 0 fully saturated rings. The Bertz CT molecular complexity index is 123. The number of carbonyl (C=O) groups excluding carboxylic acids is 1. The molecule has 0 radical (unpaired) electrons. The highest BCUT2D eigenvalue weighted by atomic mass is 16.5. The van der Waals surface area contributed by atoms with E-state index in [0.717, 1.165) is 19.3 Å². The fraction of sp³-hybridized carbons (Fsp3) is 0.917. The molecule has 2 nitrogen and oxygen atoms in total. The third-order valence-corrected chi connectivity index (χ3v) is 2.51. The van der Waals surface area contributed by atoms with E-state index in [1.165, 1.54) is 32.1 Å². The highest BCUT2D eigenvalue weighted by molar-refractivity contribution is 5.37. The van der Waals surface area contributed by atoms with Crippen LogP contribution in [0.5, 0.6) is 0 Å². The molecule has 2 heteroatoms. The molecular weight excluding hydrogens is 176 g/mol. The average Bonchev–Trinajstić information content (AvgIpc) is 2.20. The van der Waals surface area contributed by atoms with Gasteiger partial charge in [-0.3, -0.25) is 4.79 Å². The van der Waals surface area contributed by atoms with E-state index in [1.54, 1.807) is 0 Å². The molecule has 0 rings (SSSR count). The van der Waals surface area contributed by atoms with E-state index in [0.29, 0.717) is 6.47 Å². The first-order valence-corrected chi connectivity index (χ1v) is 5.94. The summed E-state index contributed by atoms with van der Waals surface area (Å²) in [4.78, 5) is 10.2. The van der Waals surface area contributed by atoms with Gasteiger partial charge in [-0.1, -0.05) is 46.0 Å². The minimum absolute atomic E-state index is 0.171. The molecule has 0 aliphatic rings. The molecule has 0 bridgehead atoms. The van der Waals surface area contributed by atoms with Crippen molar-refractivity contribution < 1.29 is 9.53 Å². The summed E-state index contributed by atoms with van der Waals surface area (Å²) in [5, 5.41) is 0. The standard InChI is InChI=1S/C12H24O2/c1-3-5-7-8-10-12(14-11-13)9-6-4-2/h11-12H,3-10H2,1-2H3. The van der Waals surface area contributed by atoms with Crippen molar-refractivity contribution >= 4 is 6.47 Å². The molecule has 0 aliphatic carbocycles. The van der Waals surface area contributed by atoms with Crippen LogP contribution in [-0.2, 0) is 9.53 Å². The molecule has 1 unspecified atom stereocenters. The fourth-order valence-electron chi connectivity index (χ4n) is 1.59. The van der Waals surface area contributed by atoms with Gasteiger partial charge in [-0.15, -0.1) is 0 Å². The lowest BCUT2D eigenvalue weighted by Gasteiger charge is -2.14. The predicted octanol–water partition coefficient (Wildman–Crippen LogP) is 3.69. The van der Waals surface area contributed by atoms with E-state index < -0.39 is 0 Å². The summed E-state index contributed by atoms with van der Waals surface area (Å²) in [5.41, 5.74) is 0. The first-order valence-electron chi connectivity index (χ1n) is 5.94. The summed E-state index contributed by atoms with van der Waals surface area (Å²) in [5.74, 6) is 0. The Labute approximate surface area is 88.0 Å². The summed E-state index contributed by atoms with van der Waals surface area (Å²) >= 11 is 0. The molecule has 0 saturated carbocycles. The smallest absolute Gasteiger partial charge is 0.293 e. The van der Waals surface area contributed by atoms with Gasteiger partial charge in [-0.25, -0.2) is 0 Å². The van der Waals surface area contributed by atoms with Crippen LogP contribution in [0.4, 0.5) is 0 Å². The summed E-state index contributed by atoms with van der Waals surface area (Å²) in [6.45, 7) is 4.96. The van der Waals surface area contributed by atoms with Crippen LogP contribution < -0.4 is 0 Å². The summed E-state index contributed by atoms with van der Waals surface area (Å²) in [6.07, 6.45) is 9.58. The van der Waals surface area contributed by atoms with Crippen molar-refractivity contribution in [3.63, 3.8) is 0 Å². The molecule has 0 aliphatic heterocycles. The molecule has 0 amide bonds. The second-order valence-corrected chi connectivity index (χ2v) is 3.85. The highest BCUT2D eigenvalue weighted by Crippen LogP contribution is 2.13. The van der Waals surface area contributed by atoms with Crippen molar-refractivity contribution in [3.05, 3.63) is 0 Å². The van der Waals surface area contributed by atoms with Crippen LogP contribution in [0, 0.1) is 0 Å². The monoisotopic (exact) mass is 200 g/mol. The third kappa shape index (κ3) is 8.09. The van der Waals surface area contributed by atoms with Gasteiger partial charge in [0.25, 0.3) is 6.47 Å². The van der Waals surface area contributed by atoms with Crippen molar-refractivity contribution in [3.8, 4) is 0 Å². The summed E-state index contributed by atoms with van der Waals surface area (Å²) in [7, 11) is 0. The van der Waals surface area contributed by atoms with Crippen LogP contribution in [-0.4, -0.2) is 12.6 Å². The van der Waals surface area contributed by atoms with Crippen LogP contribution in [0.3, 0.4) is 0 Å². The molecule has 14 heavy (non-hydrogen) atoms. The maximum absolute atomic E-state index is 10.2. The van der Waals surface area contributed by atoms with Gasteiger partial charge < -0.3 is 4.74 Å². The average molecular weight is 200 g/mol. The number of rotatable bonds is 10. The number of hydrogen-bond donors (Lipinski definition) is 0. The van der Waals surface area contributed by atoms with Crippen LogP contribution in [0.2, 0.25) is 0 Å². The van der Waals surface area contributed by atoms with Gasteiger partial charge in [-0.05, 0) is 19.3 Å². The Kier molecular flexibility index (Phi) is 10.2. The number of hydrogen-bond acceptors (Lipinski definition) is 2. The quantitative estimate of drug-likeness (QED) is 0.397. The van der Waals surface area contributed by atoms with Crippen molar-refractivity contribution in [1.29, 1.82) is 0 Å². The van der Waals surface area contributed by atoms with Gasteiger partial charge in [-0.2, -0.15) is 0 Å². The minimum Gasteiger partial charge on any atom is -0.465 e. The van der Waals surface area contributed by atoms with E-state index in [9.17, 15) is 4.79 Å². The molecule has 0 aromatic rings.